The number of amides is 1. The summed E-state index contributed by atoms with van der Waals surface area (Å²) >= 11 is 0. The van der Waals surface area contributed by atoms with Gasteiger partial charge in [-0.15, -0.1) is 0 Å². The Hall–Kier alpha value is -5.25. The highest BCUT2D eigenvalue weighted by molar-refractivity contribution is 7.90. The number of benzene rings is 2. The average Bonchev–Trinajstić information content (AvgIpc) is 3.71. The first-order valence-corrected chi connectivity index (χ1v) is 23.4. The Labute approximate surface area is 365 Å². The Morgan fingerprint density at radius 2 is 1.81 bits per heavy atom. The molecule has 2 aromatic heterocycles. The molecular weight excluding hydrogens is 807 g/mol. The summed E-state index contributed by atoms with van der Waals surface area (Å²) in [6.45, 7) is 17.6. The third kappa shape index (κ3) is 11.0. The normalized spacial score (nSPS) is 20.9. The second-order valence-corrected chi connectivity index (χ2v) is 20.2. The largest absolute Gasteiger partial charge is 0.455 e. The highest BCUT2D eigenvalue weighted by Crippen LogP contribution is 2.41. The molecule has 15 heteroatoms. The lowest BCUT2D eigenvalue weighted by Crippen LogP contribution is -2.47. The van der Waals surface area contributed by atoms with Gasteiger partial charge in [0.2, 0.25) is 0 Å². The molecular formula is C47H61N7O7S. The van der Waals surface area contributed by atoms with E-state index in [0.717, 1.165) is 94.8 Å². The van der Waals surface area contributed by atoms with Gasteiger partial charge in [-0.05, 0) is 119 Å². The first-order valence-electron chi connectivity index (χ1n) is 21.9. The summed E-state index contributed by atoms with van der Waals surface area (Å²) in [5, 5.41) is 26.3. The molecule has 4 aromatic rings. The predicted molar refractivity (Wildman–Crippen MR) is 243 cm³/mol. The maximum Gasteiger partial charge on any atom is 0.293 e. The molecule has 2 aromatic carbocycles. The molecule has 14 nitrogen and oxygen atoms in total. The fraction of sp³-hybridized carbons (Fsp3) is 0.489. The van der Waals surface area contributed by atoms with Crippen LogP contribution in [-0.2, 0) is 10.0 Å². The lowest BCUT2D eigenvalue weighted by molar-refractivity contribution is -0.384. The van der Waals surface area contributed by atoms with E-state index in [1.807, 2.05) is 13.0 Å². The molecule has 3 heterocycles. The zero-order chi connectivity index (χ0) is 44.2. The molecule has 0 bridgehead atoms. The molecule has 4 N–H and O–H groups in total. The first-order chi connectivity index (χ1) is 29.5. The molecule has 2 aliphatic carbocycles. The molecule has 0 radical (unpaired) electrons. The number of nitro groups is 1. The van der Waals surface area contributed by atoms with E-state index in [9.17, 15) is 28.4 Å². The van der Waals surface area contributed by atoms with E-state index in [2.05, 4.69) is 57.2 Å². The number of H-pyrrole nitrogens is 1. The molecule has 1 saturated heterocycles. The van der Waals surface area contributed by atoms with Crippen LogP contribution in [0.2, 0.25) is 0 Å². The molecule has 3 aliphatic rings. The fourth-order valence-electron chi connectivity index (χ4n) is 8.91. The van der Waals surface area contributed by atoms with Crippen molar-refractivity contribution in [2.75, 3.05) is 49.5 Å². The van der Waals surface area contributed by atoms with Crippen LogP contribution < -0.4 is 19.7 Å². The van der Waals surface area contributed by atoms with Crippen molar-refractivity contribution < 1.29 is 28.0 Å². The molecule has 7 rings (SSSR count). The van der Waals surface area contributed by atoms with Crippen molar-refractivity contribution in [3.05, 3.63) is 99.9 Å². The molecule has 62 heavy (non-hydrogen) atoms. The molecule has 1 amide bonds. The second-order valence-electron chi connectivity index (χ2n) is 18.5. The number of hydrogen-bond acceptors (Lipinski definition) is 11. The van der Waals surface area contributed by atoms with E-state index in [0.29, 0.717) is 36.2 Å². The number of rotatable bonds is 16. The number of aromatic amines is 1. The molecule has 0 unspecified atom stereocenters. The lowest BCUT2D eigenvalue weighted by atomic mass is 9.73. The SMILES string of the molecule is C=C(CC)CCC1=C(CN2CCN(c3ccc(C(=O)NS(=O)(=O)c4ccc(NC[C@H]5CC[C@](C)(O)CC5)c([N+](=O)[O-])c4)c(Oc4cnc5[nH]ccc5c4)c3)CC2)CCC(C)(C)C1. The smallest absolute Gasteiger partial charge is 0.293 e. The Kier molecular flexibility index (Phi) is 13.4. The van der Waals surface area contributed by atoms with E-state index >= 15 is 0 Å². The minimum atomic E-state index is -4.56. The van der Waals surface area contributed by atoms with Crippen LogP contribution in [0.25, 0.3) is 11.0 Å². The number of anilines is 2. The van der Waals surface area contributed by atoms with Crippen LogP contribution in [-0.4, -0.2) is 84.1 Å². The highest BCUT2D eigenvalue weighted by Gasteiger charge is 2.31. The van der Waals surface area contributed by atoms with Crippen LogP contribution in [0.1, 0.15) is 102 Å². The number of carbonyl (C=O) groups is 1. The average molecular weight is 868 g/mol. The second kappa shape index (κ2) is 18.6. The number of pyridine rings is 1. The van der Waals surface area contributed by atoms with Gasteiger partial charge in [-0.2, -0.15) is 0 Å². The third-order valence-corrected chi connectivity index (χ3v) is 14.3. The number of nitro benzene ring substituents is 1. The number of fused-ring (bicyclic) bond motifs is 1. The van der Waals surface area contributed by atoms with Gasteiger partial charge in [0, 0.05) is 68.7 Å². The lowest BCUT2D eigenvalue weighted by Gasteiger charge is -2.39. The highest BCUT2D eigenvalue weighted by atomic mass is 32.2. The van der Waals surface area contributed by atoms with Crippen molar-refractivity contribution in [1.82, 2.24) is 19.6 Å². The van der Waals surface area contributed by atoms with Crippen LogP contribution in [0.3, 0.4) is 0 Å². The van der Waals surface area contributed by atoms with Crippen molar-refractivity contribution in [1.29, 1.82) is 0 Å². The summed E-state index contributed by atoms with van der Waals surface area (Å²) < 4.78 is 35.8. The van der Waals surface area contributed by atoms with E-state index in [-0.39, 0.29) is 22.9 Å². The van der Waals surface area contributed by atoms with Crippen molar-refractivity contribution in [3.8, 4) is 11.5 Å². The van der Waals surface area contributed by atoms with Gasteiger partial charge in [-0.1, -0.05) is 44.1 Å². The monoisotopic (exact) mass is 867 g/mol. The van der Waals surface area contributed by atoms with Crippen molar-refractivity contribution in [2.45, 2.75) is 102 Å². The van der Waals surface area contributed by atoms with E-state index in [4.69, 9.17) is 4.74 Å². The third-order valence-electron chi connectivity index (χ3n) is 13.0. The van der Waals surface area contributed by atoms with Crippen molar-refractivity contribution in [2.24, 2.45) is 11.3 Å². The van der Waals surface area contributed by atoms with E-state index < -0.39 is 37.0 Å². The number of allylic oxidation sites excluding steroid dienone is 2. The van der Waals surface area contributed by atoms with Crippen LogP contribution >= 0.6 is 0 Å². The Morgan fingerprint density at radius 1 is 1.05 bits per heavy atom. The van der Waals surface area contributed by atoms with Gasteiger partial charge in [-0.3, -0.25) is 19.8 Å². The zero-order valence-electron chi connectivity index (χ0n) is 36.5. The van der Waals surface area contributed by atoms with E-state index in [1.165, 1.54) is 30.3 Å². The molecule has 2 fully saturated rings. The molecule has 1 aliphatic heterocycles. The number of aliphatic hydroxyl groups is 1. The van der Waals surface area contributed by atoms with Gasteiger partial charge in [-0.25, -0.2) is 18.1 Å². The number of aromatic nitrogens is 2. The minimum Gasteiger partial charge on any atom is -0.455 e. The maximum atomic E-state index is 13.9. The Balaban J connectivity index is 1.07. The van der Waals surface area contributed by atoms with Gasteiger partial charge in [0.05, 0.1) is 27.2 Å². The summed E-state index contributed by atoms with van der Waals surface area (Å²) in [4.78, 5) is 37.2. The van der Waals surface area contributed by atoms with E-state index in [1.54, 1.807) is 41.6 Å². The van der Waals surface area contributed by atoms with Gasteiger partial charge < -0.3 is 25.0 Å². The van der Waals surface area contributed by atoms with Gasteiger partial charge in [0.15, 0.2) is 0 Å². The maximum absolute atomic E-state index is 13.9. The van der Waals surface area contributed by atoms with Gasteiger partial charge in [0.1, 0.15) is 22.8 Å². The predicted octanol–water partition coefficient (Wildman–Crippen LogP) is 9.11. The number of ether oxygens (including phenoxy) is 1. The fourth-order valence-corrected chi connectivity index (χ4v) is 9.89. The molecule has 0 atom stereocenters. The summed E-state index contributed by atoms with van der Waals surface area (Å²) in [6.07, 6.45) is 12.7. The number of nitrogens with zero attached hydrogens (tertiary/aromatic N) is 4. The summed E-state index contributed by atoms with van der Waals surface area (Å²) in [5.41, 5.74) is 5.28. The van der Waals surface area contributed by atoms with Crippen LogP contribution in [0.4, 0.5) is 17.1 Å². The summed E-state index contributed by atoms with van der Waals surface area (Å²) in [6, 6.07) is 12.3. The Bertz CT molecular complexity index is 2440. The topological polar surface area (TPSA) is 183 Å². The number of carbonyl (C=O) groups excluding carboxylic acids is 1. The van der Waals surface area contributed by atoms with Crippen LogP contribution in [0, 0.1) is 21.4 Å². The minimum absolute atomic E-state index is 0.0326. The van der Waals surface area contributed by atoms with Gasteiger partial charge >= 0.3 is 0 Å². The number of nitrogens with one attached hydrogen (secondary N) is 3. The number of hydrogen-bond donors (Lipinski definition) is 4. The molecule has 332 valence electrons. The Morgan fingerprint density at radius 3 is 2.53 bits per heavy atom. The number of sulfonamides is 1. The molecule has 0 spiro atoms. The zero-order valence-corrected chi connectivity index (χ0v) is 37.3. The van der Waals surface area contributed by atoms with Crippen molar-refractivity contribution in [3.63, 3.8) is 0 Å². The quantitative estimate of drug-likeness (QED) is 0.0479. The summed E-state index contributed by atoms with van der Waals surface area (Å²) in [7, 11) is -4.56. The molecule has 1 saturated carbocycles. The van der Waals surface area contributed by atoms with Gasteiger partial charge in [0.25, 0.3) is 21.6 Å². The summed E-state index contributed by atoms with van der Waals surface area (Å²) in [5.74, 6) is -0.252. The van der Waals surface area contributed by atoms with Crippen LogP contribution in [0.15, 0.2) is 89.1 Å². The first kappa shape index (κ1) is 44.8. The van der Waals surface area contributed by atoms with Crippen LogP contribution in [0.5, 0.6) is 11.5 Å². The van der Waals surface area contributed by atoms with Crippen molar-refractivity contribution >= 4 is 44.0 Å². The standard InChI is InChI=1S/C47H61N7O7S/c1-6-32(2)7-8-35-28-46(3,4)17-15-36(35)31-52-21-23-53(24-22-52)37-9-11-40(43(26-37)61-38-25-34-16-20-48-44(34)50-30-38)45(55)51-62(59,60)39-10-12-41(42(27-39)54(57)58)49-29-33-13-18-47(5,56)19-14-33/h9-12,16,20,25-27,30,33,49,56H,2,6-8,13-15,17-19,21-24,28-29,31H2,1,3-5H3,(H,48,50)(H,51,55)/t33-,47-. The number of piperazine rings is 1.